The zero-order chi connectivity index (χ0) is 16.6. The van der Waals surface area contributed by atoms with Crippen molar-refractivity contribution in [3.8, 4) is 0 Å². The molecular weight excluding hydrogens is 314 g/mol. The van der Waals surface area contributed by atoms with E-state index in [0.29, 0.717) is 21.9 Å². The van der Waals surface area contributed by atoms with Crippen molar-refractivity contribution >= 4 is 39.9 Å². The average molecular weight is 328 g/mol. The Labute approximate surface area is 138 Å². The SMILES string of the molecule is CC(=O)c1ccc(NC(=O)c2oc3ccc(Cl)cc3c2C)cc1. The number of carbonyl (C=O) groups is 2. The Hall–Kier alpha value is -2.59. The van der Waals surface area contributed by atoms with Crippen molar-refractivity contribution in [1.29, 1.82) is 0 Å². The highest BCUT2D eigenvalue weighted by Gasteiger charge is 2.18. The number of ketones is 1. The van der Waals surface area contributed by atoms with Gasteiger partial charge in [0.2, 0.25) is 0 Å². The Morgan fingerprint density at radius 3 is 2.43 bits per heavy atom. The van der Waals surface area contributed by atoms with Crippen LogP contribution < -0.4 is 5.32 Å². The maximum atomic E-state index is 12.4. The van der Waals surface area contributed by atoms with Crippen LogP contribution in [0.2, 0.25) is 5.02 Å². The molecule has 0 bridgehead atoms. The van der Waals surface area contributed by atoms with Gasteiger partial charge in [0.05, 0.1) is 0 Å². The lowest BCUT2D eigenvalue weighted by Crippen LogP contribution is -2.12. The van der Waals surface area contributed by atoms with Crippen LogP contribution in [0.3, 0.4) is 0 Å². The molecule has 0 fully saturated rings. The summed E-state index contributed by atoms with van der Waals surface area (Å²) in [5, 5.41) is 4.17. The molecule has 1 aromatic heterocycles. The minimum Gasteiger partial charge on any atom is -0.451 e. The number of hydrogen-bond donors (Lipinski definition) is 1. The highest BCUT2D eigenvalue weighted by atomic mass is 35.5. The van der Waals surface area contributed by atoms with Crippen LogP contribution in [-0.4, -0.2) is 11.7 Å². The molecule has 2 aromatic carbocycles. The highest BCUT2D eigenvalue weighted by molar-refractivity contribution is 6.31. The number of hydrogen-bond acceptors (Lipinski definition) is 3. The number of aryl methyl sites for hydroxylation is 1. The molecule has 4 nitrogen and oxygen atoms in total. The fourth-order valence-electron chi connectivity index (χ4n) is 2.39. The molecule has 0 unspecified atom stereocenters. The van der Waals surface area contributed by atoms with Crippen molar-refractivity contribution in [1.82, 2.24) is 0 Å². The second-order valence-electron chi connectivity index (χ2n) is 5.28. The van der Waals surface area contributed by atoms with Gasteiger partial charge < -0.3 is 9.73 Å². The monoisotopic (exact) mass is 327 g/mol. The van der Waals surface area contributed by atoms with Gasteiger partial charge in [0.15, 0.2) is 11.5 Å². The largest absolute Gasteiger partial charge is 0.451 e. The summed E-state index contributed by atoms with van der Waals surface area (Å²) in [6.07, 6.45) is 0. The zero-order valence-electron chi connectivity index (χ0n) is 12.6. The molecule has 116 valence electrons. The molecule has 23 heavy (non-hydrogen) atoms. The first-order valence-corrected chi connectivity index (χ1v) is 7.44. The Bertz CT molecular complexity index is 910. The van der Waals surface area contributed by atoms with Gasteiger partial charge in [-0.2, -0.15) is 0 Å². The molecule has 5 heteroatoms. The van der Waals surface area contributed by atoms with Crippen molar-refractivity contribution in [2.45, 2.75) is 13.8 Å². The van der Waals surface area contributed by atoms with Crippen LogP contribution in [-0.2, 0) is 0 Å². The quantitative estimate of drug-likeness (QED) is 0.699. The van der Waals surface area contributed by atoms with Gasteiger partial charge in [-0.25, -0.2) is 0 Å². The van der Waals surface area contributed by atoms with Gasteiger partial charge in [-0.05, 0) is 56.3 Å². The predicted molar refractivity (Wildman–Crippen MR) is 90.4 cm³/mol. The molecule has 0 radical (unpaired) electrons. The molecule has 3 aromatic rings. The summed E-state index contributed by atoms with van der Waals surface area (Å²) < 4.78 is 5.62. The smallest absolute Gasteiger partial charge is 0.291 e. The average Bonchev–Trinajstić information content (AvgIpc) is 2.85. The fourth-order valence-corrected chi connectivity index (χ4v) is 2.56. The van der Waals surface area contributed by atoms with Gasteiger partial charge in [-0.15, -0.1) is 0 Å². The lowest BCUT2D eigenvalue weighted by atomic mass is 10.1. The van der Waals surface area contributed by atoms with Gasteiger partial charge in [0, 0.05) is 27.2 Å². The summed E-state index contributed by atoms with van der Waals surface area (Å²) in [5.41, 5.74) is 2.54. The highest BCUT2D eigenvalue weighted by Crippen LogP contribution is 2.28. The van der Waals surface area contributed by atoms with Gasteiger partial charge in [-0.1, -0.05) is 11.6 Å². The number of halogens is 1. The molecule has 1 amide bonds. The van der Waals surface area contributed by atoms with E-state index in [4.69, 9.17) is 16.0 Å². The van der Waals surface area contributed by atoms with Gasteiger partial charge in [-0.3, -0.25) is 9.59 Å². The first-order chi connectivity index (χ1) is 11.0. The summed E-state index contributed by atoms with van der Waals surface area (Å²) >= 11 is 5.98. The van der Waals surface area contributed by atoms with Crippen LogP contribution in [0.1, 0.15) is 33.4 Å². The number of benzene rings is 2. The lowest BCUT2D eigenvalue weighted by Gasteiger charge is -2.04. The van der Waals surface area contributed by atoms with Crippen LogP contribution >= 0.6 is 11.6 Å². The molecule has 0 saturated carbocycles. The molecule has 1 N–H and O–H groups in total. The van der Waals surface area contributed by atoms with E-state index in [9.17, 15) is 9.59 Å². The first kappa shape index (κ1) is 15.3. The molecule has 0 aliphatic carbocycles. The molecule has 0 saturated heterocycles. The normalized spacial score (nSPS) is 10.7. The minimum atomic E-state index is -0.342. The third kappa shape index (κ3) is 2.98. The Kier molecular flexibility index (Phi) is 3.92. The number of fused-ring (bicyclic) bond motifs is 1. The van der Waals surface area contributed by atoms with E-state index in [-0.39, 0.29) is 17.5 Å². The van der Waals surface area contributed by atoms with Crippen LogP contribution in [0.5, 0.6) is 0 Å². The minimum absolute atomic E-state index is 0.0205. The van der Waals surface area contributed by atoms with E-state index in [0.717, 1.165) is 10.9 Å². The first-order valence-electron chi connectivity index (χ1n) is 7.06. The number of anilines is 1. The molecule has 0 aliphatic rings. The number of amides is 1. The standard InChI is InChI=1S/C18H14ClNO3/c1-10-15-9-13(19)5-8-16(15)23-17(10)18(22)20-14-6-3-12(4-7-14)11(2)21/h3-9H,1-2H3,(H,20,22). The van der Waals surface area contributed by atoms with Crippen LogP contribution in [0.15, 0.2) is 46.9 Å². The number of rotatable bonds is 3. The second-order valence-corrected chi connectivity index (χ2v) is 5.72. The maximum Gasteiger partial charge on any atom is 0.291 e. The third-order valence-corrected chi connectivity index (χ3v) is 3.89. The van der Waals surface area contributed by atoms with E-state index in [2.05, 4.69) is 5.32 Å². The van der Waals surface area contributed by atoms with Gasteiger partial charge >= 0.3 is 0 Å². The van der Waals surface area contributed by atoms with Crippen molar-refractivity contribution in [3.63, 3.8) is 0 Å². The summed E-state index contributed by atoms with van der Waals surface area (Å²) in [4.78, 5) is 23.7. The van der Waals surface area contributed by atoms with E-state index < -0.39 is 0 Å². The summed E-state index contributed by atoms with van der Waals surface area (Å²) in [7, 11) is 0. The second kappa shape index (κ2) is 5.89. The Morgan fingerprint density at radius 1 is 1.09 bits per heavy atom. The van der Waals surface area contributed by atoms with E-state index in [1.165, 1.54) is 6.92 Å². The van der Waals surface area contributed by atoms with E-state index in [1.807, 2.05) is 6.92 Å². The Balaban J connectivity index is 1.88. The number of carbonyl (C=O) groups excluding carboxylic acids is 2. The van der Waals surface area contributed by atoms with Crippen molar-refractivity contribution in [2.75, 3.05) is 5.32 Å². The third-order valence-electron chi connectivity index (χ3n) is 3.65. The Morgan fingerprint density at radius 2 is 1.78 bits per heavy atom. The summed E-state index contributed by atoms with van der Waals surface area (Å²) in [6, 6.07) is 11.9. The zero-order valence-corrected chi connectivity index (χ0v) is 13.4. The van der Waals surface area contributed by atoms with Crippen molar-refractivity contribution in [2.24, 2.45) is 0 Å². The fraction of sp³-hybridized carbons (Fsp3) is 0.111. The number of nitrogens with one attached hydrogen (secondary N) is 1. The predicted octanol–water partition coefficient (Wildman–Crippen LogP) is 4.85. The lowest BCUT2D eigenvalue weighted by molar-refractivity contribution is 0.0995. The maximum absolute atomic E-state index is 12.4. The van der Waals surface area contributed by atoms with Crippen molar-refractivity contribution < 1.29 is 14.0 Å². The van der Waals surface area contributed by atoms with E-state index in [1.54, 1.807) is 42.5 Å². The molecule has 0 spiro atoms. The van der Waals surface area contributed by atoms with Crippen molar-refractivity contribution in [3.05, 3.63) is 64.4 Å². The molecule has 3 rings (SSSR count). The van der Waals surface area contributed by atoms with Gasteiger partial charge in [0.25, 0.3) is 5.91 Å². The van der Waals surface area contributed by atoms with Crippen LogP contribution in [0, 0.1) is 6.92 Å². The topological polar surface area (TPSA) is 59.3 Å². The summed E-state index contributed by atoms with van der Waals surface area (Å²) in [6.45, 7) is 3.31. The number of Topliss-reactive ketones (excluding diaryl/α,β-unsaturated/α-hetero) is 1. The van der Waals surface area contributed by atoms with Crippen LogP contribution in [0.25, 0.3) is 11.0 Å². The van der Waals surface area contributed by atoms with Crippen LogP contribution in [0.4, 0.5) is 5.69 Å². The van der Waals surface area contributed by atoms with E-state index >= 15 is 0 Å². The van der Waals surface area contributed by atoms with Gasteiger partial charge in [0.1, 0.15) is 5.58 Å². The molecule has 0 atom stereocenters. The molecule has 0 aliphatic heterocycles. The molecular formula is C18H14ClNO3. The number of furan rings is 1. The molecule has 1 heterocycles. The summed E-state index contributed by atoms with van der Waals surface area (Å²) in [5.74, 6) is -0.115.